The topological polar surface area (TPSA) is 35.2 Å². The van der Waals surface area contributed by atoms with Gasteiger partial charge in [0.1, 0.15) is 17.7 Å². The van der Waals surface area contributed by atoms with Gasteiger partial charge in [0.15, 0.2) is 0 Å². The number of hydrogen-bond acceptors (Lipinski definition) is 2. The molecule has 0 aliphatic heterocycles. The molecule has 3 heteroatoms. The molecule has 0 aromatic heterocycles. The summed E-state index contributed by atoms with van der Waals surface area (Å²) >= 11 is 0. The van der Waals surface area contributed by atoms with E-state index in [0.29, 0.717) is 13.0 Å². The van der Waals surface area contributed by atoms with Gasteiger partial charge in [-0.2, -0.15) is 0 Å². The highest BCUT2D eigenvalue weighted by Gasteiger charge is 2.13. The minimum atomic E-state index is -0.244. The third-order valence-electron chi connectivity index (χ3n) is 3.03. The number of aryl methyl sites for hydroxylation is 1. The second-order valence-electron chi connectivity index (χ2n) is 4.50. The van der Waals surface area contributed by atoms with E-state index in [4.69, 9.17) is 10.5 Å². The molecule has 0 amide bonds. The van der Waals surface area contributed by atoms with Crippen LogP contribution in [0.5, 0.6) is 5.75 Å². The van der Waals surface area contributed by atoms with Crippen LogP contribution in [0.3, 0.4) is 0 Å². The Balaban J connectivity index is 2.21. The minimum absolute atomic E-state index is 0.147. The van der Waals surface area contributed by atoms with Crippen LogP contribution >= 0.6 is 0 Å². The van der Waals surface area contributed by atoms with Crippen molar-refractivity contribution in [1.82, 2.24) is 0 Å². The molecule has 2 aromatic rings. The average molecular weight is 259 g/mol. The van der Waals surface area contributed by atoms with E-state index in [1.807, 2.05) is 31.2 Å². The molecule has 19 heavy (non-hydrogen) atoms. The van der Waals surface area contributed by atoms with Gasteiger partial charge in [0.25, 0.3) is 0 Å². The maximum atomic E-state index is 13.0. The number of benzene rings is 2. The fraction of sp³-hybridized carbons (Fsp3) is 0.250. The monoisotopic (exact) mass is 259 g/mol. The lowest BCUT2D eigenvalue weighted by Crippen LogP contribution is -2.13. The Bertz CT molecular complexity index is 525. The molecule has 0 radical (unpaired) electrons. The third-order valence-corrected chi connectivity index (χ3v) is 3.03. The van der Waals surface area contributed by atoms with Gasteiger partial charge in [-0.15, -0.1) is 0 Å². The van der Waals surface area contributed by atoms with Crippen molar-refractivity contribution in [2.75, 3.05) is 6.54 Å². The highest BCUT2D eigenvalue weighted by atomic mass is 19.1. The minimum Gasteiger partial charge on any atom is -0.485 e. The lowest BCUT2D eigenvalue weighted by molar-refractivity contribution is 0.196. The number of halogens is 1. The van der Waals surface area contributed by atoms with Crippen molar-refractivity contribution in [3.8, 4) is 5.75 Å². The van der Waals surface area contributed by atoms with Gasteiger partial charge in [-0.3, -0.25) is 0 Å². The summed E-state index contributed by atoms with van der Waals surface area (Å²) in [5, 5.41) is 0. The Hall–Kier alpha value is -1.87. The maximum Gasteiger partial charge on any atom is 0.125 e. The zero-order valence-corrected chi connectivity index (χ0v) is 11.0. The summed E-state index contributed by atoms with van der Waals surface area (Å²) < 4.78 is 19.0. The number of ether oxygens (including phenoxy) is 1. The summed E-state index contributed by atoms with van der Waals surface area (Å²) in [6, 6.07) is 14.2. The normalized spacial score (nSPS) is 12.2. The van der Waals surface area contributed by atoms with Gasteiger partial charge in [0.2, 0.25) is 0 Å². The van der Waals surface area contributed by atoms with E-state index in [-0.39, 0.29) is 11.9 Å². The summed E-state index contributed by atoms with van der Waals surface area (Å²) in [4.78, 5) is 0. The zero-order chi connectivity index (χ0) is 13.7. The molecule has 1 unspecified atom stereocenters. The summed E-state index contributed by atoms with van der Waals surface area (Å²) in [7, 11) is 0. The van der Waals surface area contributed by atoms with E-state index >= 15 is 0 Å². The Kier molecular flexibility index (Phi) is 4.53. The summed E-state index contributed by atoms with van der Waals surface area (Å²) in [6.45, 7) is 2.52. The summed E-state index contributed by atoms with van der Waals surface area (Å²) in [5.41, 5.74) is 7.65. The second kappa shape index (κ2) is 6.34. The first-order chi connectivity index (χ1) is 9.20. The van der Waals surface area contributed by atoms with Gasteiger partial charge in [0, 0.05) is 6.42 Å². The predicted octanol–water partition coefficient (Wildman–Crippen LogP) is 3.60. The summed E-state index contributed by atoms with van der Waals surface area (Å²) in [6.07, 6.45) is 0.548. The Morgan fingerprint density at radius 3 is 2.42 bits per heavy atom. The van der Waals surface area contributed by atoms with E-state index in [2.05, 4.69) is 0 Å². The molecule has 0 fully saturated rings. The Morgan fingerprint density at radius 1 is 1.11 bits per heavy atom. The van der Waals surface area contributed by atoms with Gasteiger partial charge in [-0.05, 0) is 42.8 Å². The molecule has 100 valence electrons. The van der Waals surface area contributed by atoms with Crippen LogP contribution in [0.15, 0.2) is 48.5 Å². The van der Waals surface area contributed by atoms with Crippen molar-refractivity contribution in [3.63, 3.8) is 0 Å². The first-order valence-electron chi connectivity index (χ1n) is 6.38. The largest absolute Gasteiger partial charge is 0.485 e. The number of nitrogens with two attached hydrogens (primary N) is 1. The van der Waals surface area contributed by atoms with Gasteiger partial charge in [-0.25, -0.2) is 4.39 Å². The molecule has 2 N–H and O–H groups in total. The molecular formula is C16H18FNO. The van der Waals surface area contributed by atoms with E-state index in [0.717, 1.165) is 16.9 Å². The van der Waals surface area contributed by atoms with Gasteiger partial charge in [0.05, 0.1) is 0 Å². The second-order valence-corrected chi connectivity index (χ2v) is 4.50. The predicted molar refractivity (Wildman–Crippen MR) is 74.6 cm³/mol. The van der Waals surface area contributed by atoms with Crippen molar-refractivity contribution >= 4 is 0 Å². The third kappa shape index (κ3) is 3.55. The molecular weight excluding hydrogens is 241 g/mol. The Labute approximate surface area is 113 Å². The van der Waals surface area contributed by atoms with E-state index in [1.165, 1.54) is 12.1 Å². The number of rotatable bonds is 5. The van der Waals surface area contributed by atoms with Crippen LogP contribution in [0.25, 0.3) is 0 Å². The first-order valence-corrected chi connectivity index (χ1v) is 6.38. The average Bonchev–Trinajstić information content (AvgIpc) is 2.42. The fourth-order valence-electron chi connectivity index (χ4n) is 1.96. The molecule has 2 aromatic carbocycles. The fourth-order valence-corrected chi connectivity index (χ4v) is 1.96. The first kappa shape index (κ1) is 13.6. The van der Waals surface area contributed by atoms with Gasteiger partial charge >= 0.3 is 0 Å². The molecule has 0 aliphatic rings. The Morgan fingerprint density at radius 2 is 1.79 bits per heavy atom. The molecule has 1 atom stereocenters. The molecule has 0 saturated carbocycles. The molecule has 0 bridgehead atoms. The molecule has 0 saturated heterocycles. The molecule has 2 rings (SSSR count). The van der Waals surface area contributed by atoms with Crippen LogP contribution < -0.4 is 10.5 Å². The van der Waals surface area contributed by atoms with Gasteiger partial charge < -0.3 is 10.5 Å². The van der Waals surface area contributed by atoms with Crippen molar-refractivity contribution in [2.45, 2.75) is 19.4 Å². The standard InChI is InChI=1S/C16H18FNO/c1-12-4-2-3-5-15(12)19-16(10-11-18)13-6-8-14(17)9-7-13/h2-9,16H,10-11,18H2,1H3. The number of para-hydroxylation sites is 1. The SMILES string of the molecule is Cc1ccccc1OC(CCN)c1ccc(F)cc1. The highest BCUT2D eigenvalue weighted by molar-refractivity contribution is 5.33. The zero-order valence-electron chi connectivity index (χ0n) is 11.0. The number of hydrogen-bond donors (Lipinski definition) is 1. The van der Waals surface area contributed by atoms with Crippen molar-refractivity contribution in [2.24, 2.45) is 5.73 Å². The van der Waals surface area contributed by atoms with Crippen LogP contribution in [0, 0.1) is 12.7 Å². The molecule has 0 aliphatic carbocycles. The molecule has 0 spiro atoms. The summed E-state index contributed by atoms with van der Waals surface area (Å²) in [5.74, 6) is 0.594. The van der Waals surface area contributed by atoms with Crippen molar-refractivity contribution in [3.05, 3.63) is 65.5 Å². The van der Waals surface area contributed by atoms with Crippen molar-refractivity contribution in [1.29, 1.82) is 0 Å². The lowest BCUT2D eigenvalue weighted by atomic mass is 10.1. The van der Waals surface area contributed by atoms with Crippen LogP contribution in [0.4, 0.5) is 4.39 Å². The van der Waals surface area contributed by atoms with Crippen molar-refractivity contribution < 1.29 is 9.13 Å². The van der Waals surface area contributed by atoms with Crippen LogP contribution in [-0.4, -0.2) is 6.54 Å². The molecule has 2 nitrogen and oxygen atoms in total. The van der Waals surface area contributed by atoms with Crippen LogP contribution in [-0.2, 0) is 0 Å². The lowest BCUT2D eigenvalue weighted by Gasteiger charge is -2.20. The van der Waals surface area contributed by atoms with E-state index in [9.17, 15) is 4.39 Å². The highest BCUT2D eigenvalue weighted by Crippen LogP contribution is 2.27. The van der Waals surface area contributed by atoms with Crippen LogP contribution in [0.1, 0.15) is 23.7 Å². The maximum absolute atomic E-state index is 13.0. The van der Waals surface area contributed by atoms with Crippen LogP contribution in [0.2, 0.25) is 0 Å². The molecule has 0 heterocycles. The van der Waals surface area contributed by atoms with Gasteiger partial charge in [-0.1, -0.05) is 30.3 Å². The van der Waals surface area contributed by atoms with E-state index < -0.39 is 0 Å². The smallest absolute Gasteiger partial charge is 0.125 e. The van der Waals surface area contributed by atoms with E-state index in [1.54, 1.807) is 12.1 Å². The quantitative estimate of drug-likeness (QED) is 0.890.